The summed E-state index contributed by atoms with van der Waals surface area (Å²) in [6.07, 6.45) is 3.72. The van der Waals surface area contributed by atoms with Gasteiger partial charge >= 0.3 is 5.97 Å². The number of rotatable bonds is 8. The van der Waals surface area contributed by atoms with Crippen LogP contribution in [0, 0.1) is 13.8 Å². The molecule has 1 amide bonds. The van der Waals surface area contributed by atoms with Crippen LogP contribution in [0.25, 0.3) is 0 Å². The number of nitrogens with one attached hydrogen (secondary N) is 1. The molecule has 2 aromatic rings. The van der Waals surface area contributed by atoms with Gasteiger partial charge in [0, 0.05) is 37.9 Å². The minimum Gasteiger partial charge on any atom is -0.478 e. The summed E-state index contributed by atoms with van der Waals surface area (Å²) >= 11 is 3.49. The first-order valence-corrected chi connectivity index (χ1v) is 8.39. The van der Waals surface area contributed by atoms with Crippen LogP contribution in [0.4, 0.5) is 0 Å². The summed E-state index contributed by atoms with van der Waals surface area (Å²) < 4.78 is 4.39. The first-order chi connectivity index (χ1) is 11.4. The van der Waals surface area contributed by atoms with E-state index < -0.39 is 5.97 Å². The van der Waals surface area contributed by atoms with E-state index in [-0.39, 0.29) is 17.9 Å². The number of aryl methyl sites for hydroxylation is 3. The van der Waals surface area contributed by atoms with Crippen molar-refractivity contribution in [2.45, 2.75) is 39.8 Å². The molecule has 2 rings (SSSR count). The molecule has 0 saturated heterocycles. The van der Waals surface area contributed by atoms with Gasteiger partial charge in [-0.2, -0.15) is 10.2 Å². The van der Waals surface area contributed by atoms with Crippen LogP contribution in [0.3, 0.4) is 0 Å². The second kappa shape index (κ2) is 8.09. The molecular weight excluding hydrogens is 378 g/mol. The van der Waals surface area contributed by atoms with E-state index in [4.69, 9.17) is 5.11 Å². The maximum Gasteiger partial charge on any atom is 0.338 e. The van der Waals surface area contributed by atoms with Crippen LogP contribution in [0.15, 0.2) is 16.9 Å². The molecule has 0 aliphatic rings. The molecule has 0 fully saturated rings. The van der Waals surface area contributed by atoms with Gasteiger partial charge in [-0.1, -0.05) is 0 Å². The third-order valence-electron chi connectivity index (χ3n) is 3.61. The monoisotopic (exact) mass is 397 g/mol. The molecule has 2 aromatic heterocycles. The summed E-state index contributed by atoms with van der Waals surface area (Å²) in [5, 5.41) is 20.0. The second-order valence-corrected chi connectivity index (χ2v) is 6.25. The van der Waals surface area contributed by atoms with Crippen molar-refractivity contribution in [2.75, 3.05) is 6.54 Å². The molecule has 9 heteroatoms. The fourth-order valence-corrected chi connectivity index (χ4v) is 2.53. The highest BCUT2D eigenvalue weighted by molar-refractivity contribution is 9.10. The van der Waals surface area contributed by atoms with Crippen molar-refractivity contribution in [3.8, 4) is 0 Å². The van der Waals surface area contributed by atoms with E-state index >= 15 is 0 Å². The summed E-state index contributed by atoms with van der Waals surface area (Å²) in [6.45, 7) is 5.59. The first kappa shape index (κ1) is 18.2. The average molecular weight is 398 g/mol. The van der Waals surface area contributed by atoms with Crippen molar-refractivity contribution < 1.29 is 14.7 Å². The van der Waals surface area contributed by atoms with Gasteiger partial charge in [0.05, 0.1) is 21.9 Å². The molecule has 0 aliphatic carbocycles. The van der Waals surface area contributed by atoms with Crippen molar-refractivity contribution in [1.29, 1.82) is 0 Å². The maximum absolute atomic E-state index is 11.8. The van der Waals surface area contributed by atoms with Crippen LogP contribution in [0.1, 0.15) is 34.6 Å². The molecule has 0 aromatic carbocycles. The normalized spacial score (nSPS) is 10.8. The molecule has 0 aliphatic heterocycles. The lowest BCUT2D eigenvalue weighted by Gasteiger charge is -2.07. The van der Waals surface area contributed by atoms with E-state index in [9.17, 15) is 9.59 Å². The third kappa shape index (κ3) is 4.67. The first-order valence-electron chi connectivity index (χ1n) is 7.60. The van der Waals surface area contributed by atoms with Gasteiger partial charge in [-0.25, -0.2) is 4.79 Å². The lowest BCUT2D eigenvalue weighted by atomic mass is 10.3. The van der Waals surface area contributed by atoms with Crippen molar-refractivity contribution >= 4 is 27.8 Å². The van der Waals surface area contributed by atoms with Gasteiger partial charge in [0.25, 0.3) is 0 Å². The van der Waals surface area contributed by atoms with Crippen LogP contribution in [-0.4, -0.2) is 43.1 Å². The highest BCUT2D eigenvalue weighted by Gasteiger charge is 2.09. The number of carboxylic acids is 1. The maximum atomic E-state index is 11.8. The Morgan fingerprint density at radius 3 is 2.67 bits per heavy atom. The van der Waals surface area contributed by atoms with Crippen LogP contribution in [0.5, 0.6) is 0 Å². The number of nitrogens with zero attached hydrogens (tertiary/aromatic N) is 4. The Kier molecular flexibility index (Phi) is 6.13. The average Bonchev–Trinajstić information content (AvgIpc) is 3.11. The minimum absolute atomic E-state index is 0.0862. The van der Waals surface area contributed by atoms with Gasteiger partial charge in [0.2, 0.25) is 5.91 Å². The number of hydrogen-bond donors (Lipinski definition) is 2. The molecule has 0 unspecified atom stereocenters. The number of carbonyl (C=O) groups is 2. The molecule has 8 nitrogen and oxygen atoms in total. The van der Waals surface area contributed by atoms with Crippen molar-refractivity contribution in [1.82, 2.24) is 24.9 Å². The zero-order valence-electron chi connectivity index (χ0n) is 13.6. The molecule has 2 heterocycles. The second-order valence-electron chi connectivity index (χ2n) is 5.46. The summed E-state index contributed by atoms with van der Waals surface area (Å²) in [6, 6.07) is 0. The summed E-state index contributed by atoms with van der Waals surface area (Å²) in [5.41, 5.74) is 2.15. The smallest absolute Gasteiger partial charge is 0.338 e. The molecule has 2 N–H and O–H groups in total. The summed E-state index contributed by atoms with van der Waals surface area (Å²) in [4.78, 5) is 22.5. The number of aromatic carboxylic acids is 1. The Labute approximate surface area is 148 Å². The number of aromatic nitrogens is 4. The topological polar surface area (TPSA) is 102 Å². The van der Waals surface area contributed by atoms with E-state index in [0.717, 1.165) is 28.8 Å². The molecule has 24 heavy (non-hydrogen) atoms. The Hall–Kier alpha value is -2.16. The van der Waals surface area contributed by atoms with Crippen LogP contribution >= 0.6 is 15.9 Å². The highest BCUT2D eigenvalue weighted by Crippen LogP contribution is 2.19. The van der Waals surface area contributed by atoms with E-state index in [1.165, 1.54) is 17.1 Å². The number of halogens is 1. The fourth-order valence-electron chi connectivity index (χ4n) is 2.25. The molecule has 0 radical (unpaired) electrons. The zero-order valence-corrected chi connectivity index (χ0v) is 15.2. The van der Waals surface area contributed by atoms with Crippen LogP contribution < -0.4 is 5.32 Å². The molecular formula is C15H20BrN5O3. The third-order valence-corrected chi connectivity index (χ3v) is 4.76. The zero-order chi connectivity index (χ0) is 17.7. The Morgan fingerprint density at radius 2 is 2.08 bits per heavy atom. The lowest BCUT2D eigenvalue weighted by molar-refractivity contribution is -0.121. The quantitative estimate of drug-likeness (QED) is 0.660. The molecule has 0 atom stereocenters. The molecule has 0 spiro atoms. The van der Waals surface area contributed by atoms with Gasteiger partial charge in [-0.15, -0.1) is 0 Å². The predicted octanol–water partition coefficient (Wildman–Crippen LogP) is 1.75. The Balaban J connectivity index is 1.67. The van der Waals surface area contributed by atoms with E-state index in [1.807, 2.05) is 18.5 Å². The highest BCUT2D eigenvalue weighted by atomic mass is 79.9. The van der Waals surface area contributed by atoms with Crippen molar-refractivity contribution in [3.05, 3.63) is 33.8 Å². The molecule has 130 valence electrons. The number of carbonyl (C=O) groups excluding carboxylic acids is 1. The Bertz CT molecular complexity index is 738. The van der Waals surface area contributed by atoms with Gasteiger partial charge in [-0.3, -0.25) is 14.2 Å². The summed E-state index contributed by atoms with van der Waals surface area (Å²) in [5.74, 6) is -1.11. The Morgan fingerprint density at radius 1 is 1.33 bits per heavy atom. The van der Waals surface area contributed by atoms with Crippen LogP contribution in [-0.2, 0) is 17.9 Å². The lowest BCUT2D eigenvalue weighted by Crippen LogP contribution is -2.26. The van der Waals surface area contributed by atoms with Gasteiger partial charge in [0.1, 0.15) is 0 Å². The molecule has 0 bridgehead atoms. The largest absolute Gasteiger partial charge is 0.478 e. The van der Waals surface area contributed by atoms with Crippen LogP contribution in [0.2, 0.25) is 0 Å². The summed E-state index contributed by atoms with van der Waals surface area (Å²) in [7, 11) is 0. The van der Waals surface area contributed by atoms with Gasteiger partial charge in [-0.05, 0) is 36.2 Å². The van der Waals surface area contributed by atoms with E-state index in [1.54, 1.807) is 0 Å². The standard InChI is InChI=1S/C15H20BrN5O3/c1-10-14(16)11(2)21(19-10)6-3-5-17-13(22)4-7-20-9-12(8-18-20)15(23)24/h8-9H,3-7H2,1-2H3,(H,17,22)(H,23,24). The minimum atomic E-state index is -1.03. The number of carboxylic acid groups (broad SMARTS) is 1. The SMILES string of the molecule is Cc1nn(CCCNC(=O)CCn2cc(C(=O)O)cn2)c(C)c1Br. The van der Waals surface area contributed by atoms with Crippen molar-refractivity contribution in [2.24, 2.45) is 0 Å². The van der Waals surface area contributed by atoms with E-state index in [0.29, 0.717) is 13.1 Å². The van der Waals surface area contributed by atoms with Gasteiger partial charge < -0.3 is 10.4 Å². The predicted molar refractivity (Wildman–Crippen MR) is 90.8 cm³/mol. The number of hydrogen-bond acceptors (Lipinski definition) is 4. The van der Waals surface area contributed by atoms with Crippen molar-refractivity contribution in [3.63, 3.8) is 0 Å². The number of amides is 1. The van der Waals surface area contributed by atoms with Gasteiger partial charge in [0.15, 0.2) is 0 Å². The fraction of sp³-hybridized carbons (Fsp3) is 0.467. The van der Waals surface area contributed by atoms with E-state index in [2.05, 4.69) is 31.4 Å². The molecule has 0 saturated carbocycles.